The van der Waals surface area contributed by atoms with Gasteiger partial charge in [-0.05, 0) is 30.9 Å². The lowest BCUT2D eigenvalue weighted by Gasteiger charge is -2.21. The number of carbonyl (C=O) groups is 1. The molecule has 0 heterocycles. The second-order valence-electron chi connectivity index (χ2n) is 5.58. The Labute approximate surface area is 129 Å². The minimum Gasteiger partial charge on any atom is -0.391 e. The van der Waals surface area contributed by atoms with Gasteiger partial charge in [0.05, 0.1) is 16.6 Å². The molecule has 1 aromatic carbocycles. The van der Waals surface area contributed by atoms with Gasteiger partial charge in [-0.15, -0.1) is 0 Å². The summed E-state index contributed by atoms with van der Waals surface area (Å²) in [7, 11) is 1.34. The molecule has 0 saturated heterocycles. The van der Waals surface area contributed by atoms with E-state index in [4.69, 9.17) is 0 Å². The van der Waals surface area contributed by atoms with Crippen molar-refractivity contribution >= 4 is 11.6 Å². The number of aliphatic hydroxyl groups is 1. The molecule has 1 fully saturated rings. The van der Waals surface area contributed by atoms with Gasteiger partial charge in [0.1, 0.15) is 5.56 Å². The summed E-state index contributed by atoms with van der Waals surface area (Å²) in [6, 6.07) is 1.77. The van der Waals surface area contributed by atoms with Crippen LogP contribution in [0.5, 0.6) is 0 Å². The van der Waals surface area contributed by atoms with Crippen LogP contribution >= 0.6 is 0 Å². The number of rotatable bonds is 5. The molecule has 1 saturated carbocycles. The third kappa shape index (κ3) is 3.98. The Hall–Kier alpha value is -2.16. The summed E-state index contributed by atoms with van der Waals surface area (Å²) in [6.07, 6.45) is -3.77. The van der Waals surface area contributed by atoms with E-state index >= 15 is 0 Å². The summed E-state index contributed by atoms with van der Waals surface area (Å²) in [5, 5.41) is 20.8. The van der Waals surface area contributed by atoms with Crippen molar-refractivity contribution in [2.24, 2.45) is 5.92 Å². The number of carbonyl (C=O) groups excluding carboxylic acids is 1. The molecule has 0 aromatic heterocycles. The number of nitrogens with zero attached hydrogens (tertiary/aromatic N) is 2. The molecule has 1 N–H and O–H groups in total. The second kappa shape index (κ2) is 6.15. The Morgan fingerprint density at radius 2 is 2.09 bits per heavy atom. The topological polar surface area (TPSA) is 83.7 Å². The van der Waals surface area contributed by atoms with Crippen LogP contribution in [0.15, 0.2) is 18.2 Å². The van der Waals surface area contributed by atoms with Gasteiger partial charge in [0, 0.05) is 19.7 Å². The van der Waals surface area contributed by atoms with Crippen molar-refractivity contribution in [3.05, 3.63) is 39.4 Å². The second-order valence-corrected chi connectivity index (χ2v) is 5.58. The van der Waals surface area contributed by atoms with E-state index in [-0.39, 0.29) is 12.5 Å². The number of nitro benzene ring substituents is 1. The first kappa shape index (κ1) is 17.2. The van der Waals surface area contributed by atoms with Crippen LogP contribution in [0.25, 0.3) is 0 Å². The molecule has 0 spiro atoms. The molecule has 1 aliphatic rings. The Bertz CT molecular complexity index is 629. The fourth-order valence-corrected chi connectivity index (χ4v) is 2.24. The molecule has 23 heavy (non-hydrogen) atoms. The molecule has 9 heteroatoms. The van der Waals surface area contributed by atoms with Gasteiger partial charge in [-0.25, -0.2) is 0 Å². The molecule has 1 aliphatic carbocycles. The van der Waals surface area contributed by atoms with E-state index < -0.39 is 39.9 Å². The van der Waals surface area contributed by atoms with Gasteiger partial charge in [-0.1, -0.05) is 0 Å². The standard InChI is InChI=1S/C14H15F3N2O4/c1-18(7-12(20)8-2-3-8)13(21)10-5-4-9(14(15,16)17)6-11(10)19(22)23/h4-6,8,12,20H,2-3,7H2,1H3. The number of halogens is 3. The molecule has 1 atom stereocenters. The molecule has 0 aliphatic heterocycles. The molecule has 0 radical (unpaired) electrons. The molecule has 1 amide bonds. The fourth-order valence-electron chi connectivity index (χ4n) is 2.24. The molecule has 1 aromatic rings. The average molecular weight is 332 g/mol. The smallest absolute Gasteiger partial charge is 0.391 e. The van der Waals surface area contributed by atoms with Crippen LogP contribution in [-0.4, -0.2) is 40.5 Å². The van der Waals surface area contributed by atoms with Crippen molar-refractivity contribution in [1.82, 2.24) is 4.90 Å². The maximum absolute atomic E-state index is 12.6. The minimum absolute atomic E-state index is 0.0261. The van der Waals surface area contributed by atoms with Gasteiger partial charge in [-0.3, -0.25) is 14.9 Å². The van der Waals surface area contributed by atoms with Crippen LogP contribution in [0, 0.1) is 16.0 Å². The van der Waals surface area contributed by atoms with E-state index in [9.17, 15) is 33.2 Å². The zero-order chi connectivity index (χ0) is 17.4. The summed E-state index contributed by atoms with van der Waals surface area (Å²) in [5.74, 6) is -0.696. The summed E-state index contributed by atoms with van der Waals surface area (Å²) in [5.41, 5.74) is -2.53. The van der Waals surface area contributed by atoms with Crippen LogP contribution in [0.1, 0.15) is 28.8 Å². The number of hydrogen-bond donors (Lipinski definition) is 1. The highest BCUT2D eigenvalue weighted by Gasteiger charge is 2.35. The number of amides is 1. The summed E-state index contributed by atoms with van der Waals surface area (Å²) in [6.45, 7) is -0.0261. The van der Waals surface area contributed by atoms with Crippen LogP contribution in [0.2, 0.25) is 0 Å². The minimum atomic E-state index is -4.74. The van der Waals surface area contributed by atoms with Crippen molar-refractivity contribution in [1.29, 1.82) is 0 Å². The van der Waals surface area contributed by atoms with Crippen LogP contribution in [0.3, 0.4) is 0 Å². The van der Waals surface area contributed by atoms with Crippen molar-refractivity contribution in [2.75, 3.05) is 13.6 Å². The quantitative estimate of drug-likeness (QED) is 0.663. The maximum atomic E-state index is 12.6. The van der Waals surface area contributed by atoms with Gasteiger partial charge in [0.2, 0.25) is 0 Å². The number of nitro groups is 1. The Morgan fingerprint density at radius 3 is 2.57 bits per heavy atom. The van der Waals surface area contributed by atoms with Crippen LogP contribution in [-0.2, 0) is 6.18 Å². The lowest BCUT2D eigenvalue weighted by atomic mass is 10.1. The number of hydrogen-bond acceptors (Lipinski definition) is 4. The predicted molar refractivity (Wildman–Crippen MR) is 73.8 cm³/mol. The maximum Gasteiger partial charge on any atom is 0.416 e. The molecule has 1 unspecified atom stereocenters. The van der Waals surface area contributed by atoms with Crippen LogP contribution < -0.4 is 0 Å². The summed E-state index contributed by atoms with van der Waals surface area (Å²) in [4.78, 5) is 23.3. The highest BCUT2D eigenvalue weighted by molar-refractivity contribution is 5.98. The van der Waals surface area contributed by atoms with Crippen molar-refractivity contribution in [3.8, 4) is 0 Å². The fraction of sp³-hybridized carbons (Fsp3) is 0.500. The van der Waals surface area contributed by atoms with Crippen LogP contribution in [0.4, 0.5) is 18.9 Å². The lowest BCUT2D eigenvalue weighted by molar-refractivity contribution is -0.385. The molecule has 6 nitrogen and oxygen atoms in total. The van der Waals surface area contributed by atoms with E-state index in [0.29, 0.717) is 12.1 Å². The largest absolute Gasteiger partial charge is 0.416 e. The van der Waals surface area contributed by atoms with Gasteiger partial charge in [0.15, 0.2) is 0 Å². The summed E-state index contributed by atoms with van der Waals surface area (Å²) < 4.78 is 37.9. The van der Waals surface area contributed by atoms with Gasteiger partial charge in [0.25, 0.3) is 11.6 Å². The first-order valence-electron chi connectivity index (χ1n) is 6.90. The highest BCUT2D eigenvalue weighted by Crippen LogP contribution is 2.34. The molecular formula is C14H15F3N2O4. The van der Waals surface area contributed by atoms with E-state index in [2.05, 4.69) is 0 Å². The number of benzene rings is 1. The van der Waals surface area contributed by atoms with Crippen molar-refractivity contribution in [2.45, 2.75) is 25.1 Å². The summed E-state index contributed by atoms with van der Waals surface area (Å²) >= 11 is 0. The molecular weight excluding hydrogens is 317 g/mol. The Kier molecular flexibility index (Phi) is 4.60. The third-order valence-electron chi connectivity index (χ3n) is 3.73. The predicted octanol–water partition coefficient (Wildman–Crippen LogP) is 2.46. The number of likely N-dealkylation sites (N-methyl/N-ethyl adjacent to an activating group) is 1. The van der Waals surface area contributed by atoms with E-state index in [1.807, 2.05) is 0 Å². The van der Waals surface area contributed by atoms with Gasteiger partial charge >= 0.3 is 6.18 Å². The van der Waals surface area contributed by atoms with Gasteiger partial charge < -0.3 is 10.0 Å². The monoisotopic (exact) mass is 332 g/mol. The van der Waals surface area contributed by atoms with Crippen molar-refractivity contribution in [3.63, 3.8) is 0 Å². The zero-order valence-corrected chi connectivity index (χ0v) is 12.2. The average Bonchev–Trinajstić information content (AvgIpc) is 3.29. The van der Waals surface area contributed by atoms with Gasteiger partial charge in [-0.2, -0.15) is 13.2 Å². The Morgan fingerprint density at radius 1 is 1.48 bits per heavy atom. The highest BCUT2D eigenvalue weighted by atomic mass is 19.4. The lowest BCUT2D eigenvalue weighted by Crippen LogP contribution is -2.35. The molecule has 0 bridgehead atoms. The van der Waals surface area contributed by atoms with E-state index in [1.165, 1.54) is 7.05 Å². The Balaban J connectivity index is 2.26. The molecule has 126 valence electrons. The number of aliphatic hydroxyl groups excluding tert-OH is 1. The van der Waals surface area contributed by atoms with Crippen molar-refractivity contribution < 1.29 is 28.0 Å². The normalized spacial score (nSPS) is 16.0. The number of alkyl halides is 3. The first-order chi connectivity index (χ1) is 10.6. The third-order valence-corrected chi connectivity index (χ3v) is 3.73. The van der Waals surface area contributed by atoms with E-state index in [1.54, 1.807) is 0 Å². The zero-order valence-electron chi connectivity index (χ0n) is 12.2. The first-order valence-corrected chi connectivity index (χ1v) is 6.90. The van der Waals surface area contributed by atoms with E-state index in [0.717, 1.165) is 23.8 Å². The molecule has 2 rings (SSSR count). The SMILES string of the molecule is CN(CC(O)C1CC1)C(=O)c1ccc(C(F)(F)F)cc1[N+](=O)[O-].